The molecule has 0 radical (unpaired) electrons. The van der Waals surface area contributed by atoms with Crippen LogP contribution in [-0.2, 0) is 4.74 Å². The first-order chi connectivity index (χ1) is 7.16. The molecule has 6 heteroatoms. The molecule has 0 bridgehead atoms. The molecular weight excluding hydrogens is 194 g/mol. The lowest BCUT2D eigenvalue weighted by Crippen LogP contribution is -2.44. The van der Waals surface area contributed by atoms with Gasteiger partial charge in [-0.2, -0.15) is 9.97 Å². The van der Waals surface area contributed by atoms with Crippen LogP contribution in [0.3, 0.4) is 0 Å². The summed E-state index contributed by atoms with van der Waals surface area (Å²) in [6, 6.07) is 2.02. The van der Waals surface area contributed by atoms with E-state index in [1.54, 1.807) is 6.07 Å². The van der Waals surface area contributed by atoms with Gasteiger partial charge in [-0.1, -0.05) is 0 Å². The van der Waals surface area contributed by atoms with E-state index in [2.05, 4.69) is 21.8 Å². The van der Waals surface area contributed by atoms with Crippen molar-refractivity contribution in [3.05, 3.63) is 6.07 Å². The van der Waals surface area contributed by atoms with E-state index in [0.717, 1.165) is 12.4 Å². The Morgan fingerprint density at radius 1 is 1.47 bits per heavy atom. The zero-order chi connectivity index (χ0) is 10.8. The van der Waals surface area contributed by atoms with Crippen molar-refractivity contribution in [2.24, 2.45) is 0 Å². The second-order valence-corrected chi connectivity index (χ2v) is 3.63. The Kier molecular flexibility index (Phi) is 2.59. The average molecular weight is 209 g/mol. The van der Waals surface area contributed by atoms with E-state index in [9.17, 15) is 0 Å². The average Bonchev–Trinajstić information content (AvgIpc) is 2.16. The fourth-order valence-electron chi connectivity index (χ4n) is 1.69. The third-order valence-electron chi connectivity index (χ3n) is 2.41. The minimum absolute atomic E-state index is 0.212. The van der Waals surface area contributed by atoms with Crippen LogP contribution in [-0.4, -0.2) is 35.8 Å². The highest BCUT2D eigenvalue weighted by molar-refractivity contribution is 5.51. The topological polar surface area (TPSA) is 90.3 Å². The first-order valence-electron chi connectivity index (χ1n) is 4.91. The van der Waals surface area contributed by atoms with Crippen LogP contribution in [0.4, 0.5) is 17.6 Å². The zero-order valence-corrected chi connectivity index (χ0v) is 8.68. The Morgan fingerprint density at radius 2 is 2.27 bits per heavy atom. The summed E-state index contributed by atoms with van der Waals surface area (Å²) < 4.78 is 5.35. The van der Waals surface area contributed by atoms with Gasteiger partial charge in [0.15, 0.2) is 0 Å². The van der Waals surface area contributed by atoms with Gasteiger partial charge >= 0.3 is 0 Å². The number of ether oxygens (including phenoxy) is 1. The van der Waals surface area contributed by atoms with Gasteiger partial charge in [-0.25, -0.2) is 0 Å². The third kappa shape index (κ3) is 2.10. The predicted molar refractivity (Wildman–Crippen MR) is 58.5 cm³/mol. The molecule has 1 aliphatic rings. The highest BCUT2D eigenvalue weighted by atomic mass is 16.5. The van der Waals surface area contributed by atoms with Gasteiger partial charge in [-0.3, -0.25) is 0 Å². The molecule has 0 amide bonds. The molecule has 2 heterocycles. The molecule has 1 atom stereocenters. The van der Waals surface area contributed by atoms with Crippen LogP contribution < -0.4 is 16.4 Å². The number of rotatable bonds is 1. The van der Waals surface area contributed by atoms with Gasteiger partial charge in [0.05, 0.1) is 19.3 Å². The number of hydrogen-bond donors (Lipinski definition) is 2. The Hall–Kier alpha value is -1.56. The lowest BCUT2D eigenvalue weighted by atomic mass is 10.2. The van der Waals surface area contributed by atoms with Gasteiger partial charge in [0.25, 0.3) is 0 Å². The number of nitrogens with two attached hydrogens (primary N) is 2. The number of anilines is 3. The molecule has 1 saturated heterocycles. The number of aromatic nitrogens is 2. The minimum Gasteiger partial charge on any atom is -0.383 e. The summed E-state index contributed by atoms with van der Waals surface area (Å²) in [4.78, 5) is 10.1. The van der Waals surface area contributed by atoms with Crippen LogP contribution in [0.5, 0.6) is 0 Å². The highest BCUT2D eigenvalue weighted by Crippen LogP contribution is 2.19. The normalized spacial score (nSPS) is 21.7. The summed E-state index contributed by atoms with van der Waals surface area (Å²) in [6.45, 7) is 4.28. The summed E-state index contributed by atoms with van der Waals surface area (Å²) in [5.41, 5.74) is 11.2. The van der Waals surface area contributed by atoms with Gasteiger partial charge in [-0.15, -0.1) is 0 Å². The molecule has 6 nitrogen and oxygen atoms in total. The van der Waals surface area contributed by atoms with Crippen molar-refractivity contribution >= 4 is 17.6 Å². The van der Waals surface area contributed by atoms with Crippen molar-refractivity contribution < 1.29 is 4.74 Å². The Morgan fingerprint density at radius 3 is 2.93 bits per heavy atom. The van der Waals surface area contributed by atoms with E-state index in [0.29, 0.717) is 19.0 Å². The summed E-state index contributed by atoms with van der Waals surface area (Å²) in [5.74, 6) is 1.38. The Bertz CT molecular complexity index is 336. The third-order valence-corrected chi connectivity index (χ3v) is 2.41. The van der Waals surface area contributed by atoms with E-state index in [-0.39, 0.29) is 12.0 Å². The molecule has 1 fully saturated rings. The molecule has 0 spiro atoms. The van der Waals surface area contributed by atoms with Crippen molar-refractivity contribution in [1.29, 1.82) is 0 Å². The van der Waals surface area contributed by atoms with E-state index in [1.807, 2.05) is 0 Å². The molecule has 0 saturated carbocycles. The highest BCUT2D eigenvalue weighted by Gasteiger charge is 2.20. The monoisotopic (exact) mass is 209 g/mol. The van der Waals surface area contributed by atoms with Gasteiger partial charge in [0.1, 0.15) is 11.6 Å². The minimum atomic E-state index is 0.212. The SMILES string of the molecule is CC1COCCN1c1cc(N)nc(N)n1. The first-order valence-corrected chi connectivity index (χ1v) is 4.91. The molecular formula is C9H15N5O. The first kappa shape index (κ1) is 9.97. The van der Waals surface area contributed by atoms with E-state index in [4.69, 9.17) is 16.2 Å². The van der Waals surface area contributed by atoms with Crippen LogP contribution >= 0.6 is 0 Å². The molecule has 0 aliphatic carbocycles. The maximum atomic E-state index is 5.62. The molecule has 2 rings (SSSR count). The fraction of sp³-hybridized carbons (Fsp3) is 0.556. The van der Waals surface area contributed by atoms with Crippen LogP contribution in [0.25, 0.3) is 0 Å². The molecule has 0 aromatic carbocycles. The Labute approximate surface area is 88.2 Å². The Balaban J connectivity index is 2.27. The molecule has 4 N–H and O–H groups in total. The maximum Gasteiger partial charge on any atom is 0.223 e. The largest absolute Gasteiger partial charge is 0.383 e. The standard InChI is InChI=1S/C9H15N5O/c1-6-5-15-3-2-14(6)8-4-7(10)12-9(11)13-8/h4,6H,2-3,5H2,1H3,(H4,10,11,12,13). The van der Waals surface area contributed by atoms with E-state index in [1.165, 1.54) is 0 Å². The lowest BCUT2D eigenvalue weighted by Gasteiger charge is -2.34. The second-order valence-electron chi connectivity index (χ2n) is 3.63. The van der Waals surface area contributed by atoms with E-state index >= 15 is 0 Å². The summed E-state index contributed by atoms with van der Waals surface area (Å²) in [5, 5.41) is 0. The number of morpholine rings is 1. The quantitative estimate of drug-likeness (QED) is 0.669. The van der Waals surface area contributed by atoms with Gasteiger partial charge in [-0.05, 0) is 6.92 Å². The van der Waals surface area contributed by atoms with Crippen LogP contribution in [0.15, 0.2) is 6.07 Å². The smallest absolute Gasteiger partial charge is 0.223 e. The zero-order valence-electron chi connectivity index (χ0n) is 8.68. The molecule has 1 aromatic heterocycles. The summed E-state index contributed by atoms with van der Waals surface area (Å²) >= 11 is 0. The summed E-state index contributed by atoms with van der Waals surface area (Å²) in [6.07, 6.45) is 0. The van der Waals surface area contributed by atoms with Crippen molar-refractivity contribution in [2.45, 2.75) is 13.0 Å². The van der Waals surface area contributed by atoms with Crippen LogP contribution in [0.2, 0.25) is 0 Å². The van der Waals surface area contributed by atoms with Gasteiger partial charge < -0.3 is 21.1 Å². The molecule has 82 valence electrons. The number of hydrogen-bond acceptors (Lipinski definition) is 6. The van der Waals surface area contributed by atoms with Crippen LogP contribution in [0, 0.1) is 0 Å². The van der Waals surface area contributed by atoms with Gasteiger partial charge in [0.2, 0.25) is 5.95 Å². The second kappa shape index (κ2) is 3.90. The van der Waals surface area contributed by atoms with Crippen molar-refractivity contribution in [3.63, 3.8) is 0 Å². The predicted octanol–water partition coefficient (Wildman–Crippen LogP) is -0.134. The van der Waals surface area contributed by atoms with Crippen molar-refractivity contribution in [1.82, 2.24) is 9.97 Å². The van der Waals surface area contributed by atoms with Gasteiger partial charge in [0, 0.05) is 12.6 Å². The van der Waals surface area contributed by atoms with Crippen molar-refractivity contribution in [2.75, 3.05) is 36.1 Å². The van der Waals surface area contributed by atoms with Crippen molar-refractivity contribution in [3.8, 4) is 0 Å². The summed E-state index contributed by atoms with van der Waals surface area (Å²) in [7, 11) is 0. The molecule has 1 unspecified atom stereocenters. The molecule has 1 aromatic rings. The molecule has 15 heavy (non-hydrogen) atoms. The maximum absolute atomic E-state index is 5.62. The number of nitrogens with zero attached hydrogens (tertiary/aromatic N) is 3. The lowest BCUT2D eigenvalue weighted by molar-refractivity contribution is 0.0985. The van der Waals surface area contributed by atoms with E-state index < -0.39 is 0 Å². The molecule has 1 aliphatic heterocycles. The number of nitrogen functional groups attached to an aromatic ring is 2. The fourth-order valence-corrected chi connectivity index (χ4v) is 1.69. The van der Waals surface area contributed by atoms with Crippen LogP contribution in [0.1, 0.15) is 6.92 Å².